The van der Waals surface area contributed by atoms with Gasteiger partial charge in [-0.15, -0.1) is 0 Å². The fraction of sp³-hybridized carbons (Fsp3) is 1.00. The zero-order chi connectivity index (χ0) is 11.0. The number of rotatable bonds is 8. The predicted octanol–water partition coefficient (Wildman–Crippen LogP) is 3.46. The molecule has 2 nitrogen and oxygen atoms in total. The Balaban J connectivity index is 3.48. The summed E-state index contributed by atoms with van der Waals surface area (Å²) in [5, 5.41) is 0. The summed E-state index contributed by atoms with van der Waals surface area (Å²) in [5.41, 5.74) is 0. The van der Waals surface area contributed by atoms with Crippen molar-refractivity contribution in [1.82, 2.24) is 0 Å². The van der Waals surface area contributed by atoms with Crippen molar-refractivity contribution in [2.24, 2.45) is 11.8 Å². The molecule has 0 spiro atoms. The molecule has 0 aliphatic carbocycles. The minimum atomic E-state index is -0.0240. The van der Waals surface area contributed by atoms with E-state index in [-0.39, 0.29) is 6.29 Å². The van der Waals surface area contributed by atoms with Gasteiger partial charge in [-0.25, -0.2) is 0 Å². The van der Waals surface area contributed by atoms with Crippen LogP contribution in [0.4, 0.5) is 0 Å². The Morgan fingerprint density at radius 3 is 1.93 bits per heavy atom. The predicted molar refractivity (Wildman–Crippen MR) is 60.3 cm³/mol. The van der Waals surface area contributed by atoms with Gasteiger partial charge in [-0.1, -0.05) is 40.0 Å². The molecule has 0 fully saturated rings. The van der Waals surface area contributed by atoms with Crippen molar-refractivity contribution in [3.05, 3.63) is 0 Å². The van der Waals surface area contributed by atoms with E-state index < -0.39 is 0 Å². The molecule has 0 heterocycles. The Labute approximate surface area is 89.0 Å². The number of methoxy groups -OCH3 is 2. The lowest BCUT2D eigenvalue weighted by Crippen LogP contribution is -2.16. The first kappa shape index (κ1) is 13.9. The molecule has 0 aromatic carbocycles. The van der Waals surface area contributed by atoms with E-state index in [1.165, 1.54) is 19.3 Å². The third-order valence-corrected chi connectivity index (χ3v) is 2.60. The van der Waals surface area contributed by atoms with Crippen LogP contribution in [0.25, 0.3) is 0 Å². The molecule has 0 saturated heterocycles. The molecule has 0 radical (unpaired) electrons. The molecule has 86 valence electrons. The summed E-state index contributed by atoms with van der Waals surface area (Å²) in [7, 11) is 3.41. The fourth-order valence-corrected chi connectivity index (χ4v) is 1.61. The molecule has 14 heavy (non-hydrogen) atoms. The quantitative estimate of drug-likeness (QED) is 0.561. The second-order valence-corrected chi connectivity index (χ2v) is 4.57. The van der Waals surface area contributed by atoms with Gasteiger partial charge in [0.1, 0.15) is 0 Å². The van der Waals surface area contributed by atoms with Gasteiger partial charge in [-0.2, -0.15) is 0 Å². The first-order valence-corrected chi connectivity index (χ1v) is 5.65. The van der Waals surface area contributed by atoms with Gasteiger partial charge in [0.2, 0.25) is 0 Å². The standard InChI is InChI=1S/C12H26O2/c1-10(2)7-6-8-11(3)9-12(13-4)14-5/h10-12H,6-9H2,1-5H3/t11-/m1/s1. The van der Waals surface area contributed by atoms with Crippen LogP contribution in [0.15, 0.2) is 0 Å². The minimum absolute atomic E-state index is 0.0240. The first-order chi connectivity index (χ1) is 6.60. The number of hydrogen-bond acceptors (Lipinski definition) is 2. The van der Waals surface area contributed by atoms with E-state index in [0.717, 1.165) is 12.3 Å². The molecule has 0 rings (SSSR count). The van der Waals surface area contributed by atoms with Gasteiger partial charge in [-0.05, 0) is 11.8 Å². The van der Waals surface area contributed by atoms with Crippen LogP contribution in [0.5, 0.6) is 0 Å². The lowest BCUT2D eigenvalue weighted by molar-refractivity contribution is -0.113. The van der Waals surface area contributed by atoms with Crippen molar-refractivity contribution in [1.29, 1.82) is 0 Å². The molecule has 0 aliphatic rings. The molecule has 0 aliphatic heterocycles. The Morgan fingerprint density at radius 2 is 1.50 bits per heavy atom. The molecular formula is C12H26O2. The highest BCUT2D eigenvalue weighted by Gasteiger charge is 2.11. The van der Waals surface area contributed by atoms with E-state index in [2.05, 4.69) is 20.8 Å². The second-order valence-electron chi connectivity index (χ2n) is 4.57. The van der Waals surface area contributed by atoms with E-state index in [0.29, 0.717) is 5.92 Å². The van der Waals surface area contributed by atoms with Crippen molar-refractivity contribution in [2.45, 2.75) is 52.7 Å². The summed E-state index contributed by atoms with van der Waals surface area (Å²) < 4.78 is 10.4. The Bertz CT molecular complexity index is 119. The molecule has 0 bridgehead atoms. The minimum Gasteiger partial charge on any atom is -0.356 e. The third kappa shape index (κ3) is 7.34. The molecule has 0 aromatic heterocycles. The second kappa shape index (κ2) is 8.25. The Hall–Kier alpha value is -0.0800. The van der Waals surface area contributed by atoms with Crippen LogP contribution in [-0.4, -0.2) is 20.5 Å². The fourth-order valence-electron chi connectivity index (χ4n) is 1.61. The highest BCUT2D eigenvalue weighted by molar-refractivity contribution is 4.57. The largest absolute Gasteiger partial charge is 0.356 e. The highest BCUT2D eigenvalue weighted by Crippen LogP contribution is 2.17. The van der Waals surface area contributed by atoms with Crippen molar-refractivity contribution in [2.75, 3.05) is 14.2 Å². The summed E-state index contributed by atoms with van der Waals surface area (Å²) in [6.45, 7) is 6.82. The maximum atomic E-state index is 5.18. The molecule has 0 N–H and O–H groups in total. The van der Waals surface area contributed by atoms with E-state index in [4.69, 9.17) is 9.47 Å². The van der Waals surface area contributed by atoms with Gasteiger partial charge in [0.05, 0.1) is 0 Å². The summed E-state index contributed by atoms with van der Waals surface area (Å²) >= 11 is 0. The van der Waals surface area contributed by atoms with Crippen LogP contribution in [0.1, 0.15) is 46.5 Å². The van der Waals surface area contributed by atoms with Crippen LogP contribution in [0.2, 0.25) is 0 Å². The molecule has 2 heteroatoms. The topological polar surface area (TPSA) is 18.5 Å². The van der Waals surface area contributed by atoms with Crippen LogP contribution < -0.4 is 0 Å². The molecule has 0 unspecified atom stereocenters. The van der Waals surface area contributed by atoms with Gasteiger partial charge in [0.25, 0.3) is 0 Å². The van der Waals surface area contributed by atoms with E-state index in [1.807, 2.05) is 0 Å². The van der Waals surface area contributed by atoms with Gasteiger partial charge in [-0.3, -0.25) is 0 Å². The lowest BCUT2D eigenvalue weighted by Gasteiger charge is -2.18. The monoisotopic (exact) mass is 202 g/mol. The van der Waals surface area contributed by atoms with E-state index in [9.17, 15) is 0 Å². The normalized spacial score (nSPS) is 13.9. The van der Waals surface area contributed by atoms with Crippen LogP contribution >= 0.6 is 0 Å². The van der Waals surface area contributed by atoms with Crippen LogP contribution in [0.3, 0.4) is 0 Å². The summed E-state index contributed by atoms with van der Waals surface area (Å²) in [4.78, 5) is 0. The van der Waals surface area contributed by atoms with Crippen molar-refractivity contribution in [3.8, 4) is 0 Å². The maximum absolute atomic E-state index is 5.18. The zero-order valence-electron chi connectivity index (χ0n) is 10.4. The van der Waals surface area contributed by atoms with Crippen molar-refractivity contribution in [3.63, 3.8) is 0 Å². The van der Waals surface area contributed by atoms with Crippen molar-refractivity contribution < 1.29 is 9.47 Å². The lowest BCUT2D eigenvalue weighted by atomic mass is 9.97. The number of ether oxygens (including phenoxy) is 2. The van der Waals surface area contributed by atoms with Crippen molar-refractivity contribution >= 4 is 0 Å². The summed E-state index contributed by atoms with van der Waals surface area (Å²) in [6.07, 6.45) is 4.91. The van der Waals surface area contributed by atoms with E-state index in [1.54, 1.807) is 14.2 Å². The average Bonchev–Trinajstić information content (AvgIpc) is 2.13. The molecule has 0 saturated carbocycles. The maximum Gasteiger partial charge on any atom is 0.157 e. The first-order valence-electron chi connectivity index (χ1n) is 5.65. The average molecular weight is 202 g/mol. The zero-order valence-corrected chi connectivity index (χ0v) is 10.4. The van der Waals surface area contributed by atoms with E-state index >= 15 is 0 Å². The molecule has 1 atom stereocenters. The summed E-state index contributed by atoms with van der Waals surface area (Å²) in [6, 6.07) is 0. The highest BCUT2D eigenvalue weighted by atomic mass is 16.7. The summed E-state index contributed by atoms with van der Waals surface area (Å²) in [5.74, 6) is 1.52. The van der Waals surface area contributed by atoms with Gasteiger partial charge in [0, 0.05) is 20.6 Å². The Morgan fingerprint density at radius 1 is 0.929 bits per heavy atom. The van der Waals surface area contributed by atoms with Gasteiger partial charge < -0.3 is 9.47 Å². The molecule has 0 amide bonds. The SMILES string of the molecule is COC(C[C@H](C)CCCC(C)C)OC. The van der Waals surface area contributed by atoms with Gasteiger partial charge in [0.15, 0.2) is 6.29 Å². The van der Waals surface area contributed by atoms with Crippen LogP contribution in [-0.2, 0) is 9.47 Å². The third-order valence-electron chi connectivity index (χ3n) is 2.60. The smallest absolute Gasteiger partial charge is 0.157 e. The molecular weight excluding hydrogens is 176 g/mol. The molecule has 0 aromatic rings. The number of hydrogen-bond donors (Lipinski definition) is 0. The van der Waals surface area contributed by atoms with Crippen LogP contribution in [0, 0.1) is 11.8 Å². The van der Waals surface area contributed by atoms with Gasteiger partial charge >= 0.3 is 0 Å². The Kier molecular flexibility index (Phi) is 8.20.